The molecule has 6 heteroatoms. The summed E-state index contributed by atoms with van der Waals surface area (Å²) in [4.78, 5) is 15.8. The second-order valence-corrected chi connectivity index (χ2v) is 4.35. The van der Waals surface area contributed by atoms with E-state index in [1.54, 1.807) is 18.3 Å². The van der Waals surface area contributed by atoms with E-state index in [4.69, 9.17) is 4.42 Å². The fraction of sp³-hybridized carbons (Fsp3) is 0.273. The fourth-order valence-corrected chi connectivity index (χ4v) is 1.76. The van der Waals surface area contributed by atoms with Crippen LogP contribution in [0.25, 0.3) is 0 Å². The van der Waals surface area contributed by atoms with Gasteiger partial charge in [0.2, 0.25) is 0 Å². The zero-order valence-corrected chi connectivity index (χ0v) is 10.9. The number of rotatable bonds is 4. The van der Waals surface area contributed by atoms with Crippen molar-refractivity contribution in [3.63, 3.8) is 0 Å². The van der Waals surface area contributed by atoms with Crippen LogP contribution in [0.1, 0.15) is 16.4 Å². The standard InChI is InChI=1S/C11H12BrN3O2/c1-15-7-6-13-10(15)4-5-14-11(16)8-2-3-9(12)17-8/h2-3,6-7H,4-5H2,1H3,(H,14,16). The van der Waals surface area contributed by atoms with Gasteiger partial charge in [-0.15, -0.1) is 0 Å². The number of furan rings is 1. The molecule has 0 aliphatic carbocycles. The van der Waals surface area contributed by atoms with Gasteiger partial charge < -0.3 is 14.3 Å². The molecule has 90 valence electrons. The summed E-state index contributed by atoms with van der Waals surface area (Å²) in [5.41, 5.74) is 0. The van der Waals surface area contributed by atoms with Crippen molar-refractivity contribution in [3.8, 4) is 0 Å². The summed E-state index contributed by atoms with van der Waals surface area (Å²) in [5, 5.41) is 2.77. The smallest absolute Gasteiger partial charge is 0.287 e. The van der Waals surface area contributed by atoms with Crippen LogP contribution in [0.15, 0.2) is 33.6 Å². The number of nitrogens with zero attached hydrogens (tertiary/aromatic N) is 2. The van der Waals surface area contributed by atoms with Gasteiger partial charge in [0.05, 0.1) is 0 Å². The summed E-state index contributed by atoms with van der Waals surface area (Å²) in [5.74, 6) is 1.02. The molecule has 1 amide bonds. The molecule has 0 unspecified atom stereocenters. The van der Waals surface area contributed by atoms with Gasteiger partial charge in [0.15, 0.2) is 10.4 Å². The first-order chi connectivity index (χ1) is 8.16. The quantitative estimate of drug-likeness (QED) is 0.935. The van der Waals surface area contributed by atoms with Gasteiger partial charge in [0.1, 0.15) is 5.82 Å². The van der Waals surface area contributed by atoms with Crippen LogP contribution in [-0.2, 0) is 13.5 Å². The number of aromatic nitrogens is 2. The van der Waals surface area contributed by atoms with Crippen molar-refractivity contribution in [1.29, 1.82) is 0 Å². The van der Waals surface area contributed by atoms with Crippen LogP contribution in [0.4, 0.5) is 0 Å². The van der Waals surface area contributed by atoms with Crippen LogP contribution in [0, 0.1) is 0 Å². The summed E-state index contributed by atoms with van der Waals surface area (Å²) >= 11 is 3.15. The van der Waals surface area contributed by atoms with Crippen LogP contribution >= 0.6 is 15.9 Å². The van der Waals surface area contributed by atoms with E-state index in [0.717, 1.165) is 5.82 Å². The highest BCUT2D eigenvalue weighted by Crippen LogP contribution is 2.13. The van der Waals surface area contributed by atoms with Crippen molar-refractivity contribution in [1.82, 2.24) is 14.9 Å². The van der Waals surface area contributed by atoms with Crippen molar-refractivity contribution in [3.05, 3.63) is 40.8 Å². The maximum absolute atomic E-state index is 11.6. The van der Waals surface area contributed by atoms with Crippen LogP contribution < -0.4 is 5.32 Å². The summed E-state index contributed by atoms with van der Waals surface area (Å²) in [6, 6.07) is 3.31. The Morgan fingerprint density at radius 3 is 3.00 bits per heavy atom. The lowest BCUT2D eigenvalue weighted by Gasteiger charge is -2.03. The minimum absolute atomic E-state index is 0.218. The van der Waals surface area contributed by atoms with Gasteiger partial charge in [0.25, 0.3) is 5.91 Å². The molecule has 1 N–H and O–H groups in total. The lowest BCUT2D eigenvalue weighted by molar-refractivity contribution is 0.0925. The minimum Gasteiger partial charge on any atom is -0.444 e. The van der Waals surface area contributed by atoms with Crippen LogP contribution in [0.2, 0.25) is 0 Å². The largest absolute Gasteiger partial charge is 0.444 e. The Bertz CT molecular complexity index is 518. The molecular weight excluding hydrogens is 286 g/mol. The number of amides is 1. The molecule has 0 fully saturated rings. The minimum atomic E-state index is -0.218. The summed E-state index contributed by atoms with van der Waals surface area (Å²) in [6.07, 6.45) is 4.30. The van der Waals surface area contributed by atoms with Crippen LogP contribution in [0.3, 0.4) is 0 Å². The van der Waals surface area contributed by atoms with E-state index in [1.807, 2.05) is 17.8 Å². The zero-order valence-electron chi connectivity index (χ0n) is 9.31. The van der Waals surface area contributed by atoms with Gasteiger partial charge in [0, 0.05) is 32.4 Å². The van der Waals surface area contributed by atoms with Gasteiger partial charge >= 0.3 is 0 Å². The van der Waals surface area contributed by atoms with E-state index in [9.17, 15) is 4.79 Å². The Labute approximate surface area is 107 Å². The first kappa shape index (κ1) is 11.9. The summed E-state index contributed by atoms with van der Waals surface area (Å²) in [6.45, 7) is 0.530. The van der Waals surface area contributed by atoms with E-state index in [0.29, 0.717) is 23.4 Å². The topological polar surface area (TPSA) is 60.1 Å². The van der Waals surface area contributed by atoms with Crippen molar-refractivity contribution >= 4 is 21.8 Å². The molecule has 0 bridgehead atoms. The Hall–Kier alpha value is -1.56. The van der Waals surface area contributed by atoms with Gasteiger partial charge in [-0.05, 0) is 28.1 Å². The Balaban J connectivity index is 1.83. The molecule has 0 aliphatic rings. The number of hydrogen-bond acceptors (Lipinski definition) is 3. The number of carbonyl (C=O) groups is 1. The number of hydrogen-bond donors (Lipinski definition) is 1. The highest BCUT2D eigenvalue weighted by Gasteiger charge is 2.09. The highest BCUT2D eigenvalue weighted by molar-refractivity contribution is 9.10. The maximum atomic E-state index is 11.6. The SMILES string of the molecule is Cn1ccnc1CCNC(=O)c1ccc(Br)o1. The number of carbonyl (C=O) groups excluding carboxylic acids is 1. The Morgan fingerprint density at radius 1 is 1.59 bits per heavy atom. The molecule has 0 aliphatic heterocycles. The molecule has 2 aromatic heterocycles. The third-order valence-electron chi connectivity index (χ3n) is 2.35. The molecule has 2 heterocycles. The van der Waals surface area contributed by atoms with Crippen LogP contribution in [0.5, 0.6) is 0 Å². The molecule has 0 saturated carbocycles. The number of imidazole rings is 1. The molecule has 2 rings (SSSR count). The van der Waals surface area contributed by atoms with Gasteiger partial charge in [-0.2, -0.15) is 0 Å². The molecule has 5 nitrogen and oxygen atoms in total. The first-order valence-corrected chi connectivity index (χ1v) is 5.96. The monoisotopic (exact) mass is 297 g/mol. The summed E-state index contributed by atoms with van der Waals surface area (Å²) in [7, 11) is 1.92. The zero-order chi connectivity index (χ0) is 12.3. The molecule has 0 atom stereocenters. The second-order valence-electron chi connectivity index (χ2n) is 3.56. The van der Waals surface area contributed by atoms with Gasteiger partial charge in [-0.1, -0.05) is 0 Å². The lowest BCUT2D eigenvalue weighted by atomic mass is 10.3. The average Bonchev–Trinajstić information content (AvgIpc) is 2.88. The molecule has 17 heavy (non-hydrogen) atoms. The van der Waals surface area contributed by atoms with E-state index in [-0.39, 0.29) is 5.91 Å². The van der Waals surface area contributed by atoms with Crippen molar-refractivity contribution < 1.29 is 9.21 Å². The highest BCUT2D eigenvalue weighted by atomic mass is 79.9. The van der Waals surface area contributed by atoms with Crippen LogP contribution in [-0.4, -0.2) is 22.0 Å². The van der Waals surface area contributed by atoms with E-state index in [2.05, 4.69) is 26.2 Å². The normalized spacial score (nSPS) is 10.5. The van der Waals surface area contributed by atoms with Crippen molar-refractivity contribution in [2.24, 2.45) is 7.05 Å². The Morgan fingerprint density at radius 2 is 2.41 bits per heavy atom. The molecule has 0 spiro atoms. The number of aryl methyl sites for hydroxylation is 1. The maximum Gasteiger partial charge on any atom is 0.287 e. The number of nitrogens with one attached hydrogen (secondary N) is 1. The van der Waals surface area contributed by atoms with Crippen molar-refractivity contribution in [2.45, 2.75) is 6.42 Å². The first-order valence-electron chi connectivity index (χ1n) is 5.16. The lowest BCUT2D eigenvalue weighted by Crippen LogP contribution is -2.25. The average molecular weight is 298 g/mol. The van der Waals surface area contributed by atoms with Gasteiger partial charge in [-0.25, -0.2) is 4.98 Å². The summed E-state index contributed by atoms with van der Waals surface area (Å²) < 4.78 is 7.61. The molecule has 0 radical (unpaired) electrons. The second kappa shape index (κ2) is 5.18. The molecule has 0 aromatic carbocycles. The predicted octanol–water partition coefficient (Wildman–Crippen LogP) is 1.75. The van der Waals surface area contributed by atoms with Gasteiger partial charge in [-0.3, -0.25) is 4.79 Å². The van der Waals surface area contributed by atoms with E-state index < -0.39 is 0 Å². The third-order valence-corrected chi connectivity index (χ3v) is 2.78. The van der Waals surface area contributed by atoms with E-state index in [1.165, 1.54) is 0 Å². The number of halogens is 1. The molecular formula is C11H12BrN3O2. The van der Waals surface area contributed by atoms with E-state index >= 15 is 0 Å². The van der Waals surface area contributed by atoms with Crippen molar-refractivity contribution in [2.75, 3.05) is 6.54 Å². The molecule has 0 saturated heterocycles. The predicted molar refractivity (Wildman–Crippen MR) is 65.7 cm³/mol. The fourth-order valence-electron chi connectivity index (χ4n) is 1.45. The third kappa shape index (κ3) is 2.97. The Kier molecular flexibility index (Phi) is 3.63. The molecule has 2 aromatic rings.